The summed E-state index contributed by atoms with van der Waals surface area (Å²) in [6.07, 6.45) is 0. The van der Waals surface area contributed by atoms with Crippen molar-refractivity contribution in [1.29, 1.82) is 0 Å². The van der Waals surface area contributed by atoms with Gasteiger partial charge in [0.15, 0.2) is 0 Å². The lowest BCUT2D eigenvalue weighted by atomic mass is 10.2. The predicted octanol–water partition coefficient (Wildman–Crippen LogP) is 2.62. The smallest absolute Gasteiger partial charge is 0.227 e. The first-order chi connectivity index (χ1) is 9.50. The van der Waals surface area contributed by atoms with Gasteiger partial charge in [-0.3, -0.25) is 0 Å². The molecule has 0 spiro atoms. The first kappa shape index (κ1) is 14.2. The Balaban J connectivity index is 2.27. The first-order valence-electron chi connectivity index (χ1n) is 6.12. The fourth-order valence-corrected chi connectivity index (χ4v) is 2.56. The van der Waals surface area contributed by atoms with E-state index in [4.69, 9.17) is 0 Å². The molecular weight excluding hydrogens is 270 g/mol. The zero-order chi connectivity index (χ0) is 14.6. The van der Waals surface area contributed by atoms with E-state index in [1.165, 1.54) is 7.05 Å². The number of aryl methyl sites for hydroxylation is 1. The largest absolute Gasteiger partial charge is 0.270 e. The maximum Gasteiger partial charge on any atom is 0.270 e. The van der Waals surface area contributed by atoms with Crippen LogP contribution in [0.15, 0.2) is 59.5 Å². The SMILES string of the molecule is Cc1ccc(S(=O)(=O)N(C)C#Cc2ccccc2)cc1. The van der Waals surface area contributed by atoms with Gasteiger partial charge in [0.2, 0.25) is 0 Å². The molecule has 0 aliphatic heterocycles. The lowest BCUT2D eigenvalue weighted by molar-refractivity contribution is 0.547. The summed E-state index contributed by atoms with van der Waals surface area (Å²) in [7, 11) is -2.12. The van der Waals surface area contributed by atoms with Gasteiger partial charge in [-0.05, 0) is 37.1 Å². The fourth-order valence-electron chi connectivity index (χ4n) is 1.59. The normalized spacial score (nSPS) is 10.5. The van der Waals surface area contributed by atoms with Gasteiger partial charge in [-0.1, -0.05) is 35.9 Å². The lowest BCUT2D eigenvalue weighted by Crippen LogP contribution is -2.22. The molecule has 4 heteroatoms. The molecule has 20 heavy (non-hydrogen) atoms. The van der Waals surface area contributed by atoms with E-state index in [1.54, 1.807) is 24.3 Å². The van der Waals surface area contributed by atoms with E-state index in [2.05, 4.69) is 12.0 Å². The number of hydrogen-bond acceptors (Lipinski definition) is 2. The van der Waals surface area contributed by atoms with Gasteiger partial charge in [0.25, 0.3) is 10.0 Å². The van der Waals surface area contributed by atoms with Gasteiger partial charge >= 0.3 is 0 Å². The van der Waals surface area contributed by atoms with E-state index >= 15 is 0 Å². The molecule has 0 heterocycles. The second-order valence-corrected chi connectivity index (χ2v) is 6.36. The van der Waals surface area contributed by atoms with Gasteiger partial charge in [0, 0.05) is 18.7 Å². The Morgan fingerprint density at radius 1 is 0.950 bits per heavy atom. The molecule has 0 saturated carbocycles. The maximum absolute atomic E-state index is 12.3. The molecule has 0 unspecified atom stereocenters. The van der Waals surface area contributed by atoms with Crippen molar-refractivity contribution in [2.24, 2.45) is 0 Å². The predicted molar refractivity (Wildman–Crippen MR) is 79.4 cm³/mol. The third kappa shape index (κ3) is 3.19. The van der Waals surface area contributed by atoms with Crippen molar-refractivity contribution >= 4 is 10.0 Å². The molecule has 102 valence electrons. The Hall–Kier alpha value is -2.25. The van der Waals surface area contributed by atoms with E-state index in [9.17, 15) is 8.42 Å². The molecule has 0 radical (unpaired) electrons. The van der Waals surface area contributed by atoms with Crippen LogP contribution in [0.1, 0.15) is 11.1 Å². The molecule has 3 nitrogen and oxygen atoms in total. The van der Waals surface area contributed by atoms with Crippen molar-refractivity contribution in [2.45, 2.75) is 11.8 Å². The lowest BCUT2D eigenvalue weighted by Gasteiger charge is -2.12. The van der Waals surface area contributed by atoms with Crippen molar-refractivity contribution in [3.05, 3.63) is 65.7 Å². The van der Waals surface area contributed by atoms with E-state index < -0.39 is 10.0 Å². The zero-order valence-electron chi connectivity index (χ0n) is 11.4. The van der Waals surface area contributed by atoms with Crippen molar-refractivity contribution in [2.75, 3.05) is 7.05 Å². The van der Waals surface area contributed by atoms with Crippen molar-refractivity contribution in [3.63, 3.8) is 0 Å². The number of hydrogen-bond donors (Lipinski definition) is 0. The van der Waals surface area contributed by atoms with Crippen molar-refractivity contribution in [1.82, 2.24) is 4.31 Å². The number of rotatable bonds is 2. The van der Waals surface area contributed by atoms with E-state index in [0.29, 0.717) is 0 Å². The maximum atomic E-state index is 12.3. The summed E-state index contributed by atoms with van der Waals surface area (Å²) >= 11 is 0. The average molecular weight is 285 g/mol. The van der Waals surface area contributed by atoms with Crippen LogP contribution in [0.5, 0.6) is 0 Å². The summed E-state index contributed by atoms with van der Waals surface area (Å²) in [4.78, 5) is 0.243. The highest BCUT2D eigenvalue weighted by Gasteiger charge is 2.17. The van der Waals surface area contributed by atoms with Crippen LogP contribution in [0.2, 0.25) is 0 Å². The molecule has 2 aromatic carbocycles. The van der Waals surface area contributed by atoms with Gasteiger partial charge in [0.05, 0.1) is 4.90 Å². The van der Waals surface area contributed by atoms with Gasteiger partial charge in [0.1, 0.15) is 0 Å². The molecule has 0 N–H and O–H groups in total. The quantitative estimate of drug-likeness (QED) is 0.628. The summed E-state index contributed by atoms with van der Waals surface area (Å²) in [6.45, 7) is 1.91. The number of sulfonamides is 1. The molecule has 2 aromatic rings. The second kappa shape index (κ2) is 5.81. The topological polar surface area (TPSA) is 37.4 Å². The summed E-state index contributed by atoms with van der Waals surface area (Å²) < 4.78 is 25.6. The Kier molecular flexibility index (Phi) is 4.11. The Morgan fingerprint density at radius 3 is 2.15 bits per heavy atom. The summed E-state index contributed by atoms with van der Waals surface area (Å²) in [5.41, 5.74) is 1.79. The summed E-state index contributed by atoms with van der Waals surface area (Å²) in [5.74, 6) is 2.83. The molecular formula is C16H15NO2S. The molecule has 0 aliphatic carbocycles. The minimum atomic E-state index is -3.57. The molecule has 0 fully saturated rings. The third-order valence-corrected chi connectivity index (χ3v) is 4.49. The summed E-state index contributed by atoms with van der Waals surface area (Å²) in [5, 5.41) is 0. The number of nitrogens with zero attached hydrogens (tertiary/aromatic N) is 1. The van der Waals surface area contributed by atoms with Gasteiger partial charge in [-0.15, -0.1) is 0 Å². The highest BCUT2D eigenvalue weighted by Crippen LogP contribution is 2.14. The van der Waals surface area contributed by atoms with Crippen LogP contribution in [-0.2, 0) is 10.0 Å². The van der Waals surface area contributed by atoms with Gasteiger partial charge < -0.3 is 0 Å². The van der Waals surface area contributed by atoms with Crippen LogP contribution >= 0.6 is 0 Å². The Morgan fingerprint density at radius 2 is 1.55 bits per heavy atom. The van der Waals surface area contributed by atoms with Crippen LogP contribution in [0, 0.1) is 18.9 Å². The molecule has 2 rings (SSSR count). The first-order valence-corrected chi connectivity index (χ1v) is 7.56. The van der Waals surface area contributed by atoms with E-state index in [0.717, 1.165) is 15.4 Å². The van der Waals surface area contributed by atoms with Crippen LogP contribution in [-0.4, -0.2) is 19.8 Å². The molecule has 0 aliphatic rings. The molecule has 0 bridgehead atoms. The monoisotopic (exact) mass is 285 g/mol. The van der Waals surface area contributed by atoms with Gasteiger partial charge in [-0.25, -0.2) is 12.7 Å². The minimum absolute atomic E-state index is 0.243. The standard InChI is InChI=1S/C16H15NO2S/c1-14-8-10-16(11-9-14)20(18,19)17(2)13-12-15-6-4-3-5-7-15/h3-11H,1-2H3. The minimum Gasteiger partial charge on any atom is -0.227 e. The molecule has 0 saturated heterocycles. The summed E-state index contributed by atoms with van der Waals surface area (Å²) in [6, 6.07) is 18.6. The van der Waals surface area contributed by atoms with Crippen LogP contribution < -0.4 is 0 Å². The van der Waals surface area contributed by atoms with Gasteiger partial charge in [-0.2, -0.15) is 0 Å². The van der Waals surface area contributed by atoms with E-state index in [1.807, 2.05) is 37.3 Å². The number of benzene rings is 2. The molecule has 0 amide bonds. The third-order valence-electron chi connectivity index (χ3n) is 2.81. The zero-order valence-corrected chi connectivity index (χ0v) is 12.2. The highest BCUT2D eigenvalue weighted by atomic mass is 32.2. The van der Waals surface area contributed by atoms with E-state index in [-0.39, 0.29) is 4.90 Å². The Labute approximate surface area is 119 Å². The molecule has 0 aromatic heterocycles. The molecule has 0 atom stereocenters. The Bertz CT molecular complexity index is 739. The second-order valence-electron chi connectivity index (χ2n) is 4.39. The average Bonchev–Trinajstić information content (AvgIpc) is 2.46. The van der Waals surface area contributed by atoms with Crippen LogP contribution in [0.4, 0.5) is 0 Å². The fraction of sp³-hybridized carbons (Fsp3) is 0.125. The van der Waals surface area contributed by atoms with Crippen LogP contribution in [0.25, 0.3) is 0 Å². The highest BCUT2D eigenvalue weighted by molar-refractivity contribution is 7.89. The van der Waals surface area contributed by atoms with Crippen LogP contribution in [0.3, 0.4) is 0 Å². The van der Waals surface area contributed by atoms with Crippen molar-refractivity contribution < 1.29 is 8.42 Å². The van der Waals surface area contributed by atoms with Crippen molar-refractivity contribution in [3.8, 4) is 12.0 Å².